The van der Waals surface area contributed by atoms with Crippen LogP contribution in [0.4, 0.5) is 0 Å². The lowest BCUT2D eigenvalue weighted by molar-refractivity contribution is 0.988. The number of pyridine rings is 2. The number of nitriles is 2. The molecule has 0 atom stereocenters. The maximum Gasteiger partial charge on any atom is 0.263 e. The van der Waals surface area contributed by atoms with Gasteiger partial charge >= 0.3 is 0 Å². The third-order valence-electron chi connectivity index (χ3n) is 4.60. The second kappa shape index (κ2) is 7.64. The normalized spacial score (nSPS) is 10.1. The van der Waals surface area contributed by atoms with Crippen LogP contribution in [0.3, 0.4) is 0 Å². The van der Waals surface area contributed by atoms with Crippen molar-refractivity contribution in [3.8, 4) is 40.2 Å². The molecule has 0 fully saturated rings. The Labute approximate surface area is 167 Å². The topological polar surface area (TPSA) is 82.5 Å². The fourth-order valence-electron chi connectivity index (χ4n) is 3.22. The second-order valence-electron chi connectivity index (χ2n) is 6.32. The van der Waals surface area contributed by atoms with E-state index in [2.05, 4.69) is 17.1 Å². The maximum absolute atomic E-state index is 13.4. The summed E-state index contributed by atoms with van der Waals surface area (Å²) in [6.45, 7) is 0. The third-order valence-corrected chi connectivity index (χ3v) is 4.60. The quantitative estimate of drug-likeness (QED) is 0.535. The molecule has 0 saturated heterocycles. The van der Waals surface area contributed by atoms with Gasteiger partial charge in [0.2, 0.25) is 0 Å². The van der Waals surface area contributed by atoms with Gasteiger partial charge in [-0.1, -0.05) is 36.4 Å². The van der Waals surface area contributed by atoms with Crippen molar-refractivity contribution in [1.29, 1.82) is 10.5 Å². The lowest BCUT2D eigenvalue weighted by Gasteiger charge is -2.14. The molecule has 5 nitrogen and oxygen atoms in total. The first-order valence-corrected chi connectivity index (χ1v) is 8.90. The number of hydrogen-bond donors (Lipinski definition) is 0. The van der Waals surface area contributed by atoms with Crippen LogP contribution in [-0.2, 0) is 0 Å². The van der Waals surface area contributed by atoms with E-state index in [0.29, 0.717) is 39.2 Å². The van der Waals surface area contributed by atoms with E-state index in [-0.39, 0.29) is 5.56 Å². The van der Waals surface area contributed by atoms with Gasteiger partial charge < -0.3 is 0 Å². The van der Waals surface area contributed by atoms with Crippen LogP contribution in [0.25, 0.3) is 28.1 Å². The Hall–Kier alpha value is -4.48. The molecule has 29 heavy (non-hydrogen) atoms. The Morgan fingerprint density at radius 1 is 0.793 bits per heavy atom. The van der Waals surface area contributed by atoms with Gasteiger partial charge in [0.05, 0.1) is 28.6 Å². The van der Waals surface area contributed by atoms with Gasteiger partial charge in [0.1, 0.15) is 6.07 Å². The molecule has 0 aliphatic rings. The van der Waals surface area contributed by atoms with Crippen molar-refractivity contribution in [3.63, 3.8) is 0 Å². The molecule has 136 valence electrons. The molecule has 0 saturated carbocycles. The minimum Gasteiger partial charge on any atom is -0.282 e. The highest BCUT2D eigenvalue weighted by molar-refractivity contribution is 5.75. The molecule has 2 heterocycles. The minimum atomic E-state index is -0.310. The largest absolute Gasteiger partial charge is 0.282 e. The predicted octanol–water partition coefficient (Wildman–Crippen LogP) is 4.31. The Balaban J connectivity index is 2.08. The van der Waals surface area contributed by atoms with Crippen molar-refractivity contribution in [2.45, 2.75) is 0 Å². The molecule has 0 spiro atoms. The van der Waals surface area contributed by atoms with Crippen molar-refractivity contribution >= 4 is 0 Å². The smallest absolute Gasteiger partial charge is 0.263 e. The first kappa shape index (κ1) is 17.9. The summed E-state index contributed by atoms with van der Waals surface area (Å²) in [4.78, 5) is 17.8. The van der Waals surface area contributed by atoms with Crippen molar-refractivity contribution < 1.29 is 0 Å². The van der Waals surface area contributed by atoms with Gasteiger partial charge in [-0.2, -0.15) is 10.5 Å². The maximum atomic E-state index is 13.4. The molecule has 5 heteroatoms. The van der Waals surface area contributed by atoms with Gasteiger partial charge in [0.25, 0.3) is 5.56 Å². The van der Waals surface area contributed by atoms with Crippen molar-refractivity contribution in [3.05, 3.63) is 107 Å². The predicted molar refractivity (Wildman–Crippen MR) is 110 cm³/mol. The van der Waals surface area contributed by atoms with Gasteiger partial charge in [-0.3, -0.25) is 14.3 Å². The summed E-state index contributed by atoms with van der Waals surface area (Å²) >= 11 is 0. The Morgan fingerprint density at radius 3 is 2.21 bits per heavy atom. The average molecular weight is 374 g/mol. The molecule has 4 rings (SSSR count). The fourth-order valence-corrected chi connectivity index (χ4v) is 3.22. The lowest BCUT2D eigenvalue weighted by Crippen LogP contribution is -2.21. The van der Waals surface area contributed by atoms with Gasteiger partial charge in [0.15, 0.2) is 0 Å². The highest BCUT2D eigenvalue weighted by Gasteiger charge is 2.16. The van der Waals surface area contributed by atoms with Crippen LogP contribution < -0.4 is 5.56 Å². The molecule has 0 aliphatic carbocycles. The SMILES string of the molecule is N#Cc1ccccc1-c1cc(-c2ccccn2)cn(-c2ccccc2C#N)c1=O. The summed E-state index contributed by atoms with van der Waals surface area (Å²) in [6, 6.07) is 25.4. The van der Waals surface area contributed by atoms with Crippen molar-refractivity contribution in [2.24, 2.45) is 0 Å². The van der Waals surface area contributed by atoms with Crippen LogP contribution in [0.15, 0.2) is 90.0 Å². The van der Waals surface area contributed by atoms with Crippen molar-refractivity contribution in [2.75, 3.05) is 0 Å². The Kier molecular flexibility index (Phi) is 4.72. The molecule has 4 aromatic rings. The summed E-state index contributed by atoms with van der Waals surface area (Å²) in [5, 5.41) is 19.0. The van der Waals surface area contributed by atoms with Crippen LogP contribution in [0, 0.1) is 22.7 Å². The number of aromatic nitrogens is 2. The summed E-state index contributed by atoms with van der Waals surface area (Å²) in [7, 11) is 0. The number of rotatable bonds is 3. The zero-order valence-electron chi connectivity index (χ0n) is 15.3. The third kappa shape index (κ3) is 3.29. The number of benzene rings is 2. The Morgan fingerprint density at radius 2 is 1.48 bits per heavy atom. The molecule has 0 bridgehead atoms. The van der Waals surface area contributed by atoms with Crippen LogP contribution in [0.2, 0.25) is 0 Å². The van der Waals surface area contributed by atoms with Crippen LogP contribution in [-0.4, -0.2) is 9.55 Å². The second-order valence-corrected chi connectivity index (χ2v) is 6.32. The minimum absolute atomic E-state index is 0.310. The Bertz CT molecular complexity index is 1260. The average Bonchev–Trinajstić information content (AvgIpc) is 2.80. The molecule has 0 N–H and O–H groups in total. The van der Waals surface area contributed by atoms with Crippen LogP contribution in [0.5, 0.6) is 0 Å². The molecular weight excluding hydrogens is 360 g/mol. The van der Waals surface area contributed by atoms with Gasteiger partial charge in [0, 0.05) is 29.1 Å². The first-order valence-electron chi connectivity index (χ1n) is 8.90. The zero-order chi connectivity index (χ0) is 20.2. The summed E-state index contributed by atoms with van der Waals surface area (Å²) in [5.41, 5.74) is 3.27. The molecule has 0 amide bonds. The van der Waals surface area contributed by atoms with E-state index in [1.54, 1.807) is 67.0 Å². The van der Waals surface area contributed by atoms with Crippen LogP contribution >= 0.6 is 0 Å². The van der Waals surface area contributed by atoms with E-state index in [1.807, 2.05) is 18.2 Å². The molecule has 0 radical (unpaired) electrons. The molecule has 0 aliphatic heterocycles. The van der Waals surface area contributed by atoms with Crippen LogP contribution in [0.1, 0.15) is 11.1 Å². The highest BCUT2D eigenvalue weighted by atomic mass is 16.1. The van der Waals surface area contributed by atoms with Gasteiger partial charge in [-0.15, -0.1) is 0 Å². The van der Waals surface area contributed by atoms with E-state index in [9.17, 15) is 15.3 Å². The summed E-state index contributed by atoms with van der Waals surface area (Å²) in [5.74, 6) is 0. The summed E-state index contributed by atoms with van der Waals surface area (Å²) < 4.78 is 1.45. The number of hydrogen-bond acceptors (Lipinski definition) is 4. The van der Waals surface area contributed by atoms with E-state index < -0.39 is 0 Å². The molecule has 2 aromatic carbocycles. The first-order chi connectivity index (χ1) is 14.2. The number of nitrogens with zero attached hydrogens (tertiary/aromatic N) is 4. The van der Waals surface area contributed by atoms with Gasteiger partial charge in [-0.05, 0) is 36.4 Å². The van der Waals surface area contributed by atoms with E-state index >= 15 is 0 Å². The standard InChI is InChI=1S/C24H14N4O/c25-14-17-7-1-3-9-20(17)21-13-19(22-10-5-6-12-27-22)16-28(24(21)29)23-11-4-2-8-18(23)15-26/h1-13,16H. The van der Waals surface area contributed by atoms with Gasteiger partial charge in [-0.25, -0.2) is 0 Å². The highest BCUT2D eigenvalue weighted by Crippen LogP contribution is 2.26. The fraction of sp³-hybridized carbons (Fsp3) is 0. The van der Waals surface area contributed by atoms with E-state index in [0.717, 1.165) is 0 Å². The van der Waals surface area contributed by atoms with Crippen molar-refractivity contribution in [1.82, 2.24) is 9.55 Å². The van der Waals surface area contributed by atoms with E-state index in [4.69, 9.17) is 0 Å². The number of para-hydroxylation sites is 1. The molecule has 0 unspecified atom stereocenters. The molecular formula is C24H14N4O. The monoisotopic (exact) mass is 374 g/mol. The molecule has 2 aromatic heterocycles. The zero-order valence-corrected chi connectivity index (χ0v) is 15.3. The lowest BCUT2D eigenvalue weighted by atomic mass is 9.99. The summed E-state index contributed by atoms with van der Waals surface area (Å²) in [6.07, 6.45) is 3.36. The van der Waals surface area contributed by atoms with E-state index in [1.165, 1.54) is 4.57 Å².